The number of halogens is 3. The van der Waals surface area contributed by atoms with E-state index in [1.54, 1.807) is 36.6 Å². The number of amides is 1. The summed E-state index contributed by atoms with van der Waals surface area (Å²) >= 11 is 1.35. The summed E-state index contributed by atoms with van der Waals surface area (Å²) in [5, 5.41) is 21.1. The average Bonchev–Trinajstić information content (AvgIpc) is 3.32. The number of fused-ring (bicyclic) bond motifs is 1. The lowest BCUT2D eigenvalue weighted by atomic mass is 10.0. The second-order valence-electron chi connectivity index (χ2n) is 6.83. The fourth-order valence-corrected chi connectivity index (χ4v) is 4.14. The first-order valence-electron chi connectivity index (χ1n) is 8.79. The minimum atomic E-state index is -4.51. The van der Waals surface area contributed by atoms with E-state index in [1.807, 2.05) is 0 Å². The molecule has 3 aromatic rings. The minimum absolute atomic E-state index is 0.00150. The Bertz CT molecular complexity index is 1050. The third-order valence-electron chi connectivity index (χ3n) is 4.77. The summed E-state index contributed by atoms with van der Waals surface area (Å²) in [5.74, 6) is -0.795. The molecule has 3 heterocycles. The van der Waals surface area contributed by atoms with E-state index in [0.717, 1.165) is 21.3 Å². The smallest absolute Gasteiger partial charge is 0.410 e. The number of aromatic nitrogens is 2. The molecule has 0 radical (unpaired) electrons. The van der Waals surface area contributed by atoms with Gasteiger partial charge in [0.15, 0.2) is 6.04 Å². The highest BCUT2D eigenvalue weighted by atomic mass is 32.1. The lowest BCUT2D eigenvalue weighted by Crippen LogP contribution is -2.36. The van der Waals surface area contributed by atoms with E-state index in [4.69, 9.17) is 0 Å². The molecule has 152 valence electrons. The van der Waals surface area contributed by atoms with Crippen LogP contribution in [-0.4, -0.2) is 27.0 Å². The number of aromatic hydroxyl groups is 1. The zero-order chi connectivity index (χ0) is 20.8. The number of alkyl halides is 3. The van der Waals surface area contributed by atoms with E-state index < -0.39 is 24.2 Å². The SMILES string of the molecule is Cc1ccc(O)c(NC(=O)c2cnn3c2NC(c2cccs2)CC3C(F)(F)F)c1. The van der Waals surface area contributed by atoms with E-state index in [9.17, 15) is 23.1 Å². The van der Waals surface area contributed by atoms with E-state index in [2.05, 4.69) is 15.7 Å². The Morgan fingerprint density at radius 3 is 2.86 bits per heavy atom. The van der Waals surface area contributed by atoms with Crippen molar-refractivity contribution in [3.8, 4) is 5.75 Å². The Balaban J connectivity index is 1.70. The number of hydrogen-bond donors (Lipinski definition) is 3. The summed E-state index contributed by atoms with van der Waals surface area (Å²) in [6.45, 7) is 1.79. The molecule has 0 saturated carbocycles. The van der Waals surface area contributed by atoms with E-state index in [0.29, 0.717) is 0 Å². The second kappa shape index (κ2) is 7.11. The van der Waals surface area contributed by atoms with E-state index in [-0.39, 0.29) is 29.2 Å². The molecule has 1 aliphatic heterocycles. The molecule has 1 amide bonds. The maximum Gasteiger partial charge on any atom is 0.410 e. The molecule has 29 heavy (non-hydrogen) atoms. The van der Waals surface area contributed by atoms with Gasteiger partial charge < -0.3 is 15.7 Å². The van der Waals surface area contributed by atoms with Gasteiger partial charge in [0.1, 0.15) is 17.1 Å². The summed E-state index contributed by atoms with van der Waals surface area (Å²) < 4.78 is 41.8. The molecule has 0 spiro atoms. The number of anilines is 2. The number of nitrogens with one attached hydrogen (secondary N) is 2. The highest BCUT2D eigenvalue weighted by molar-refractivity contribution is 7.10. The quantitative estimate of drug-likeness (QED) is 0.526. The molecule has 0 aliphatic carbocycles. The zero-order valence-electron chi connectivity index (χ0n) is 15.2. The lowest BCUT2D eigenvalue weighted by molar-refractivity contribution is -0.173. The molecule has 6 nitrogen and oxygen atoms in total. The molecule has 3 N–H and O–H groups in total. The molecule has 4 rings (SSSR count). The number of thiophene rings is 1. The number of phenolic OH excluding ortho intramolecular Hbond substituents is 1. The topological polar surface area (TPSA) is 79.2 Å². The van der Waals surface area contributed by atoms with Crippen molar-refractivity contribution < 1.29 is 23.1 Å². The van der Waals surface area contributed by atoms with Gasteiger partial charge >= 0.3 is 6.18 Å². The Hall–Kier alpha value is -3.01. The number of carbonyl (C=O) groups excluding carboxylic acids is 1. The average molecular weight is 422 g/mol. The van der Waals surface area contributed by atoms with Crippen molar-refractivity contribution in [2.45, 2.75) is 31.6 Å². The minimum Gasteiger partial charge on any atom is -0.506 e. The van der Waals surface area contributed by atoms with Crippen LogP contribution in [0.1, 0.15) is 39.3 Å². The molecule has 2 aromatic heterocycles. The number of aryl methyl sites for hydroxylation is 1. The van der Waals surface area contributed by atoms with Crippen LogP contribution in [0.25, 0.3) is 0 Å². The lowest BCUT2D eigenvalue weighted by Gasteiger charge is -2.33. The van der Waals surface area contributed by atoms with Gasteiger partial charge in [0.25, 0.3) is 5.91 Å². The first-order chi connectivity index (χ1) is 13.7. The Morgan fingerprint density at radius 1 is 1.38 bits per heavy atom. The number of hydrogen-bond acceptors (Lipinski definition) is 5. The number of nitrogens with zero attached hydrogens (tertiary/aromatic N) is 2. The largest absolute Gasteiger partial charge is 0.506 e. The summed E-state index contributed by atoms with van der Waals surface area (Å²) in [6, 6.07) is 5.77. The molecule has 10 heteroatoms. The van der Waals surface area contributed by atoms with Crippen LogP contribution in [0.4, 0.5) is 24.7 Å². The van der Waals surface area contributed by atoms with Crippen molar-refractivity contribution in [1.29, 1.82) is 0 Å². The van der Waals surface area contributed by atoms with E-state index >= 15 is 0 Å². The van der Waals surface area contributed by atoms with Gasteiger partial charge in [-0.1, -0.05) is 12.1 Å². The van der Waals surface area contributed by atoms with Gasteiger partial charge in [-0.2, -0.15) is 18.3 Å². The van der Waals surface area contributed by atoms with Crippen molar-refractivity contribution in [2.24, 2.45) is 0 Å². The van der Waals surface area contributed by atoms with Crippen LogP contribution < -0.4 is 10.6 Å². The van der Waals surface area contributed by atoms with Crippen LogP contribution in [0.15, 0.2) is 41.9 Å². The third kappa shape index (κ3) is 3.67. The molecule has 1 aromatic carbocycles. The third-order valence-corrected chi connectivity index (χ3v) is 5.76. The fraction of sp³-hybridized carbons (Fsp3) is 0.263. The molecular formula is C19H17F3N4O2S. The molecule has 2 unspecified atom stereocenters. The number of rotatable bonds is 3. The molecule has 0 fully saturated rings. The standard InChI is InChI=1S/C19H17F3N4O2S/c1-10-4-5-14(27)12(7-10)25-18(28)11-9-23-26-16(19(20,21)22)8-13(24-17(11)26)15-3-2-6-29-15/h2-7,9,13,16,24,27H,8H2,1H3,(H,25,28). The summed E-state index contributed by atoms with van der Waals surface area (Å²) in [5.41, 5.74) is 0.956. The zero-order valence-corrected chi connectivity index (χ0v) is 16.0. The maximum absolute atomic E-state index is 13.7. The predicted molar refractivity (Wildman–Crippen MR) is 103 cm³/mol. The molecule has 0 saturated heterocycles. The van der Waals surface area contributed by atoms with Gasteiger partial charge in [-0.25, -0.2) is 4.68 Å². The van der Waals surface area contributed by atoms with Gasteiger partial charge in [0.2, 0.25) is 0 Å². The molecule has 0 bridgehead atoms. The van der Waals surface area contributed by atoms with E-state index in [1.165, 1.54) is 17.4 Å². The first-order valence-corrected chi connectivity index (χ1v) is 9.67. The maximum atomic E-state index is 13.7. The Labute approximate surface area is 168 Å². The molecular weight excluding hydrogens is 405 g/mol. The van der Waals surface area contributed by atoms with Crippen molar-refractivity contribution in [3.05, 3.63) is 57.9 Å². The number of carbonyl (C=O) groups is 1. The van der Waals surface area contributed by atoms with Crippen molar-refractivity contribution in [3.63, 3.8) is 0 Å². The van der Waals surface area contributed by atoms with Gasteiger partial charge in [0, 0.05) is 11.3 Å². The van der Waals surface area contributed by atoms with Crippen LogP contribution in [0, 0.1) is 6.92 Å². The normalized spacial score (nSPS) is 18.8. The van der Waals surface area contributed by atoms with Crippen molar-refractivity contribution in [2.75, 3.05) is 10.6 Å². The van der Waals surface area contributed by atoms with Crippen LogP contribution in [0.2, 0.25) is 0 Å². The van der Waals surface area contributed by atoms with Crippen LogP contribution in [-0.2, 0) is 0 Å². The van der Waals surface area contributed by atoms with Crippen LogP contribution in [0.5, 0.6) is 5.75 Å². The van der Waals surface area contributed by atoms with Crippen molar-refractivity contribution in [1.82, 2.24) is 9.78 Å². The Kier molecular flexibility index (Phi) is 4.73. The first kappa shape index (κ1) is 19.3. The molecule has 1 aliphatic rings. The highest BCUT2D eigenvalue weighted by Crippen LogP contribution is 2.45. The fourth-order valence-electron chi connectivity index (χ4n) is 3.34. The summed E-state index contributed by atoms with van der Waals surface area (Å²) in [7, 11) is 0. The van der Waals surface area contributed by atoms with Gasteiger partial charge in [-0.05, 0) is 36.1 Å². The number of phenols is 1. The predicted octanol–water partition coefficient (Wildman–Crippen LogP) is 4.87. The van der Waals surface area contributed by atoms with Gasteiger partial charge in [-0.3, -0.25) is 4.79 Å². The van der Waals surface area contributed by atoms with Crippen molar-refractivity contribution >= 4 is 28.7 Å². The molecule has 2 atom stereocenters. The second-order valence-corrected chi connectivity index (χ2v) is 7.81. The van der Waals surface area contributed by atoms with Crippen LogP contribution in [0.3, 0.4) is 0 Å². The number of benzene rings is 1. The highest BCUT2D eigenvalue weighted by Gasteiger charge is 2.47. The van der Waals surface area contributed by atoms with Crippen LogP contribution >= 0.6 is 11.3 Å². The van der Waals surface area contributed by atoms with Gasteiger partial charge in [0.05, 0.1) is 17.9 Å². The summed E-state index contributed by atoms with van der Waals surface area (Å²) in [4.78, 5) is 13.5. The Morgan fingerprint density at radius 2 is 2.17 bits per heavy atom. The summed E-state index contributed by atoms with van der Waals surface area (Å²) in [6.07, 6.45) is -3.63. The monoisotopic (exact) mass is 422 g/mol. The van der Waals surface area contributed by atoms with Gasteiger partial charge in [-0.15, -0.1) is 11.3 Å².